The van der Waals surface area contributed by atoms with Gasteiger partial charge in [-0.05, 0) is 13.3 Å². The van der Waals surface area contributed by atoms with Crippen LogP contribution in [0.15, 0.2) is 11.2 Å². The fourth-order valence-electron chi connectivity index (χ4n) is 2.22. The minimum absolute atomic E-state index is 0.0713. The van der Waals surface area contributed by atoms with Crippen LogP contribution in [0, 0.1) is 6.92 Å². The average molecular weight is 303 g/mol. The first-order valence-electron chi connectivity index (χ1n) is 6.75. The van der Waals surface area contributed by atoms with Gasteiger partial charge in [0.25, 0.3) is 10.0 Å². The molecule has 114 valence electrons. The lowest BCUT2D eigenvalue weighted by Gasteiger charge is -2.30. The predicted octanol–water partition coefficient (Wildman–Crippen LogP) is -0.0167. The van der Waals surface area contributed by atoms with Crippen LogP contribution in [0.3, 0.4) is 0 Å². The predicted molar refractivity (Wildman–Crippen MR) is 72.8 cm³/mol. The van der Waals surface area contributed by atoms with Crippen LogP contribution in [0.4, 0.5) is 0 Å². The molecule has 2 rings (SSSR count). The Balaban J connectivity index is 2.23. The largest absolute Gasteiger partial charge is 0.394 e. The SMILES string of the molecule is CCCn1cc(S(=O)(=O)N2CCOC(CO)C2)nc1C. The molecular weight excluding hydrogens is 282 g/mol. The van der Waals surface area contributed by atoms with E-state index in [9.17, 15) is 8.42 Å². The van der Waals surface area contributed by atoms with Crippen LogP contribution in [-0.2, 0) is 21.3 Å². The summed E-state index contributed by atoms with van der Waals surface area (Å²) in [5, 5.41) is 9.17. The third kappa shape index (κ3) is 3.03. The smallest absolute Gasteiger partial charge is 0.262 e. The molecule has 0 amide bonds. The summed E-state index contributed by atoms with van der Waals surface area (Å²) < 4.78 is 33.5. The van der Waals surface area contributed by atoms with Crippen molar-refractivity contribution in [1.29, 1.82) is 0 Å². The summed E-state index contributed by atoms with van der Waals surface area (Å²) in [6.45, 7) is 5.13. The van der Waals surface area contributed by atoms with Crippen molar-refractivity contribution in [2.24, 2.45) is 0 Å². The molecule has 1 aromatic heterocycles. The number of rotatable bonds is 5. The van der Waals surface area contributed by atoms with E-state index in [-0.39, 0.29) is 18.2 Å². The van der Waals surface area contributed by atoms with Gasteiger partial charge in [-0.3, -0.25) is 0 Å². The van der Waals surface area contributed by atoms with Gasteiger partial charge in [-0.2, -0.15) is 4.31 Å². The van der Waals surface area contributed by atoms with Crippen LogP contribution in [0.5, 0.6) is 0 Å². The van der Waals surface area contributed by atoms with Crippen LogP contribution in [-0.4, -0.2) is 59.8 Å². The monoisotopic (exact) mass is 303 g/mol. The van der Waals surface area contributed by atoms with Crippen molar-refractivity contribution in [2.75, 3.05) is 26.3 Å². The first-order chi connectivity index (χ1) is 9.48. The van der Waals surface area contributed by atoms with Gasteiger partial charge in [0.1, 0.15) is 5.82 Å². The highest BCUT2D eigenvalue weighted by atomic mass is 32.2. The molecule has 1 N–H and O–H groups in total. The van der Waals surface area contributed by atoms with Crippen molar-refractivity contribution >= 4 is 10.0 Å². The van der Waals surface area contributed by atoms with Crippen LogP contribution in [0.25, 0.3) is 0 Å². The van der Waals surface area contributed by atoms with E-state index in [1.54, 1.807) is 13.1 Å². The number of imidazole rings is 1. The van der Waals surface area contributed by atoms with Crippen molar-refractivity contribution in [3.05, 3.63) is 12.0 Å². The molecule has 0 bridgehead atoms. The van der Waals surface area contributed by atoms with E-state index in [2.05, 4.69) is 4.98 Å². The first-order valence-corrected chi connectivity index (χ1v) is 8.19. The highest BCUT2D eigenvalue weighted by molar-refractivity contribution is 7.89. The van der Waals surface area contributed by atoms with Gasteiger partial charge < -0.3 is 14.4 Å². The number of aliphatic hydroxyl groups excluding tert-OH is 1. The van der Waals surface area contributed by atoms with Gasteiger partial charge in [0, 0.05) is 25.8 Å². The molecule has 2 heterocycles. The van der Waals surface area contributed by atoms with Crippen LogP contribution >= 0.6 is 0 Å². The minimum atomic E-state index is -3.61. The van der Waals surface area contributed by atoms with Gasteiger partial charge in [-0.15, -0.1) is 0 Å². The number of aliphatic hydroxyl groups is 1. The Morgan fingerprint density at radius 2 is 2.30 bits per heavy atom. The van der Waals surface area contributed by atoms with Gasteiger partial charge in [0.05, 0.1) is 19.3 Å². The van der Waals surface area contributed by atoms with E-state index in [4.69, 9.17) is 9.84 Å². The second kappa shape index (κ2) is 6.21. The zero-order chi connectivity index (χ0) is 14.8. The minimum Gasteiger partial charge on any atom is -0.394 e. The van der Waals surface area contributed by atoms with E-state index in [0.29, 0.717) is 19.0 Å². The summed E-state index contributed by atoms with van der Waals surface area (Å²) in [7, 11) is -3.61. The number of morpholine rings is 1. The number of hydrogen-bond acceptors (Lipinski definition) is 5. The summed E-state index contributed by atoms with van der Waals surface area (Å²) in [5.74, 6) is 0.692. The Morgan fingerprint density at radius 3 is 2.95 bits per heavy atom. The molecule has 1 unspecified atom stereocenters. The lowest BCUT2D eigenvalue weighted by atomic mass is 10.3. The molecule has 1 atom stereocenters. The first kappa shape index (κ1) is 15.4. The molecule has 1 saturated heterocycles. The van der Waals surface area contributed by atoms with Crippen molar-refractivity contribution < 1.29 is 18.3 Å². The van der Waals surface area contributed by atoms with Crippen LogP contribution in [0.1, 0.15) is 19.2 Å². The van der Waals surface area contributed by atoms with E-state index in [1.807, 2.05) is 11.5 Å². The Kier molecular flexibility index (Phi) is 4.79. The highest BCUT2D eigenvalue weighted by Gasteiger charge is 2.32. The molecule has 0 saturated carbocycles. The molecule has 0 aliphatic carbocycles. The Hall–Kier alpha value is -0.960. The Morgan fingerprint density at radius 1 is 1.55 bits per heavy atom. The van der Waals surface area contributed by atoms with Gasteiger partial charge in [-0.1, -0.05) is 6.92 Å². The Labute approximate surface area is 119 Å². The second-order valence-electron chi connectivity index (χ2n) is 4.86. The van der Waals surface area contributed by atoms with E-state index < -0.39 is 16.1 Å². The van der Waals surface area contributed by atoms with Gasteiger partial charge in [-0.25, -0.2) is 13.4 Å². The molecular formula is C12H21N3O4S. The normalized spacial score (nSPS) is 21.2. The van der Waals surface area contributed by atoms with E-state index in [0.717, 1.165) is 13.0 Å². The van der Waals surface area contributed by atoms with Crippen LogP contribution < -0.4 is 0 Å². The van der Waals surface area contributed by atoms with Crippen LogP contribution in [0.2, 0.25) is 0 Å². The lowest BCUT2D eigenvalue weighted by Crippen LogP contribution is -2.46. The van der Waals surface area contributed by atoms with E-state index >= 15 is 0 Å². The molecule has 7 nitrogen and oxygen atoms in total. The Bertz CT molecular complexity index is 555. The lowest BCUT2D eigenvalue weighted by molar-refractivity contribution is -0.0305. The summed E-state index contributed by atoms with van der Waals surface area (Å²) in [6.07, 6.45) is 2.04. The number of sulfonamides is 1. The van der Waals surface area contributed by atoms with E-state index in [1.165, 1.54) is 4.31 Å². The zero-order valence-corrected chi connectivity index (χ0v) is 12.6. The third-order valence-electron chi connectivity index (χ3n) is 3.33. The maximum absolute atomic E-state index is 12.5. The molecule has 0 radical (unpaired) electrons. The molecule has 20 heavy (non-hydrogen) atoms. The zero-order valence-electron chi connectivity index (χ0n) is 11.8. The quantitative estimate of drug-likeness (QED) is 0.826. The van der Waals surface area contributed by atoms with Crippen molar-refractivity contribution in [3.63, 3.8) is 0 Å². The van der Waals surface area contributed by atoms with Crippen molar-refractivity contribution in [2.45, 2.75) is 37.9 Å². The number of aromatic nitrogens is 2. The highest BCUT2D eigenvalue weighted by Crippen LogP contribution is 2.18. The number of hydrogen-bond donors (Lipinski definition) is 1. The standard InChI is InChI=1S/C12H21N3O4S/c1-3-4-14-8-12(13-10(14)2)20(17,18)15-5-6-19-11(7-15)9-16/h8,11,16H,3-7,9H2,1-2H3. The average Bonchev–Trinajstić information content (AvgIpc) is 2.81. The molecule has 1 aliphatic rings. The second-order valence-corrected chi connectivity index (χ2v) is 6.74. The maximum Gasteiger partial charge on any atom is 0.262 e. The summed E-state index contributed by atoms with van der Waals surface area (Å²) >= 11 is 0. The molecule has 1 aromatic rings. The molecule has 8 heteroatoms. The molecule has 1 fully saturated rings. The molecule has 1 aliphatic heterocycles. The van der Waals surface area contributed by atoms with Gasteiger partial charge in [0.15, 0.2) is 5.03 Å². The number of nitrogens with zero attached hydrogens (tertiary/aromatic N) is 3. The van der Waals surface area contributed by atoms with Gasteiger partial charge in [0.2, 0.25) is 0 Å². The number of aryl methyl sites for hydroxylation is 2. The topological polar surface area (TPSA) is 84.7 Å². The summed E-state index contributed by atoms with van der Waals surface area (Å²) in [5.41, 5.74) is 0. The third-order valence-corrected chi connectivity index (χ3v) is 5.06. The molecule has 0 aromatic carbocycles. The molecule has 0 spiro atoms. The number of ether oxygens (including phenoxy) is 1. The fourth-order valence-corrected chi connectivity index (χ4v) is 3.67. The maximum atomic E-state index is 12.5. The summed E-state index contributed by atoms with van der Waals surface area (Å²) in [6, 6.07) is 0. The summed E-state index contributed by atoms with van der Waals surface area (Å²) in [4.78, 5) is 4.16. The van der Waals surface area contributed by atoms with Crippen molar-refractivity contribution in [3.8, 4) is 0 Å². The fraction of sp³-hybridized carbons (Fsp3) is 0.750. The van der Waals surface area contributed by atoms with Gasteiger partial charge >= 0.3 is 0 Å². The van der Waals surface area contributed by atoms with Crippen molar-refractivity contribution in [1.82, 2.24) is 13.9 Å².